The van der Waals surface area contributed by atoms with Crippen molar-refractivity contribution in [3.05, 3.63) is 45.0 Å². The van der Waals surface area contributed by atoms with Crippen molar-refractivity contribution in [2.24, 2.45) is 0 Å². The maximum Gasteiger partial charge on any atom is 0.203 e. The average molecular weight is 267 g/mol. The van der Waals surface area contributed by atoms with Gasteiger partial charge in [0.1, 0.15) is 11.8 Å². The first-order chi connectivity index (χ1) is 8.19. The molecule has 0 bridgehead atoms. The molecule has 3 nitrogen and oxygen atoms in total. The molecule has 0 radical (unpaired) electrons. The van der Waals surface area contributed by atoms with Crippen LogP contribution in [0.4, 0.5) is 0 Å². The van der Waals surface area contributed by atoms with E-state index in [1.54, 1.807) is 23.5 Å². The first-order valence-corrected chi connectivity index (χ1v) is 6.36. The molecule has 0 aliphatic heterocycles. The third-order valence-corrected chi connectivity index (χ3v) is 3.79. The minimum Gasteiger partial charge on any atom is -0.449 e. The van der Waals surface area contributed by atoms with Gasteiger partial charge in [-0.2, -0.15) is 5.26 Å². The van der Waals surface area contributed by atoms with Crippen LogP contribution in [0, 0.1) is 11.3 Å². The van der Waals surface area contributed by atoms with Gasteiger partial charge in [-0.1, -0.05) is 11.6 Å². The Balaban J connectivity index is 1.92. The number of hydrogen-bond acceptors (Lipinski definition) is 4. The Morgan fingerprint density at radius 1 is 1.47 bits per heavy atom. The quantitative estimate of drug-likeness (QED) is 0.918. The largest absolute Gasteiger partial charge is 0.449 e. The summed E-state index contributed by atoms with van der Waals surface area (Å²) in [7, 11) is 0. The molecule has 0 spiro atoms. The van der Waals surface area contributed by atoms with E-state index in [1.807, 2.05) is 18.2 Å². The Hall–Kier alpha value is -1.28. The molecule has 1 atom stereocenters. The molecule has 0 aliphatic carbocycles. The average Bonchev–Trinajstić information content (AvgIpc) is 2.94. The lowest BCUT2D eigenvalue weighted by molar-refractivity contribution is 0.455. The van der Waals surface area contributed by atoms with Crippen LogP contribution in [0.15, 0.2) is 28.7 Å². The van der Waals surface area contributed by atoms with Crippen LogP contribution in [0.5, 0.6) is 0 Å². The van der Waals surface area contributed by atoms with Crippen molar-refractivity contribution in [1.82, 2.24) is 5.32 Å². The summed E-state index contributed by atoms with van der Waals surface area (Å²) in [6, 6.07) is 9.54. The summed E-state index contributed by atoms with van der Waals surface area (Å²) in [6.07, 6.45) is 0. The zero-order chi connectivity index (χ0) is 12.3. The molecule has 0 saturated heterocycles. The van der Waals surface area contributed by atoms with Gasteiger partial charge >= 0.3 is 0 Å². The Morgan fingerprint density at radius 2 is 2.29 bits per heavy atom. The highest BCUT2D eigenvalue weighted by molar-refractivity contribution is 7.16. The smallest absolute Gasteiger partial charge is 0.203 e. The van der Waals surface area contributed by atoms with Gasteiger partial charge < -0.3 is 9.73 Å². The Labute approximate surface area is 109 Å². The third-order valence-electron chi connectivity index (χ3n) is 2.38. The molecular weight excluding hydrogens is 256 g/mol. The number of thiophene rings is 1. The van der Waals surface area contributed by atoms with E-state index in [0.717, 1.165) is 10.1 Å². The molecule has 0 saturated carbocycles. The Bertz CT molecular complexity index is 541. The summed E-state index contributed by atoms with van der Waals surface area (Å²) in [5.74, 6) is 1.10. The van der Waals surface area contributed by atoms with E-state index in [4.69, 9.17) is 21.3 Å². The van der Waals surface area contributed by atoms with Crippen molar-refractivity contribution in [2.45, 2.75) is 19.5 Å². The highest BCUT2D eigenvalue weighted by Crippen LogP contribution is 2.26. The molecular formula is C12H11ClN2OS. The van der Waals surface area contributed by atoms with Gasteiger partial charge in [0, 0.05) is 10.9 Å². The van der Waals surface area contributed by atoms with E-state index in [0.29, 0.717) is 12.3 Å². The van der Waals surface area contributed by atoms with Gasteiger partial charge in [-0.25, -0.2) is 0 Å². The lowest BCUT2D eigenvalue weighted by atomic mass is 10.2. The molecule has 0 aliphatic rings. The predicted octanol–water partition coefficient (Wildman–Crippen LogP) is 3.72. The van der Waals surface area contributed by atoms with Crippen molar-refractivity contribution < 1.29 is 4.42 Å². The van der Waals surface area contributed by atoms with Gasteiger partial charge in [0.25, 0.3) is 0 Å². The summed E-state index contributed by atoms with van der Waals surface area (Å²) in [6.45, 7) is 2.66. The van der Waals surface area contributed by atoms with Gasteiger partial charge in [-0.3, -0.25) is 0 Å². The van der Waals surface area contributed by atoms with Gasteiger partial charge in [0.05, 0.1) is 10.9 Å². The maximum absolute atomic E-state index is 8.63. The van der Waals surface area contributed by atoms with Crippen LogP contribution >= 0.6 is 22.9 Å². The van der Waals surface area contributed by atoms with E-state index in [2.05, 4.69) is 12.2 Å². The highest BCUT2D eigenvalue weighted by Gasteiger charge is 2.09. The molecule has 2 heterocycles. The summed E-state index contributed by atoms with van der Waals surface area (Å²) < 4.78 is 6.07. The van der Waals surface area contributed by atoms with E-state index in [9.17, 15) is 0 Å². The van der Waals surface area contributed by atoms with E-state index in [1.165, 1.54) is 4.88 Å². The standard InChI is InChI=1S/C12H11ClN2OS/c1-8(11-4-5-12(13)17-11)15-7-10-3-2-9(6-14)16-10/h2-5,8,15H,7H2,1H3. The summed E-state index contributed by atoms with van der Waals surface area (Å²) in [4.78, 5) is 1.18. The van der Waals surface area contributed by atoms with E-state index < -0.39 is 0 Å². The van der Waals surface area contributed by atoms with Crippen molar-refractivity contribution in [2.75, 3.05) is 0 Å². The van der Waals surface area contributed by atoms with Gasteiger partial charge in [-0.05, 0) is 31.2 Å². The first kappa shape index (κ1) is 12.2. The second kappa shape index (κ2) is 5.37. The van der Waals surface area contributed by atoms with Crippen molar-refractivity contribution >= 4 is 22.9 Å². The summed E-state index contributed by atoms with van der Waals surface area (Å²) in [5, 5.41) is 11.9. The van der Waals surface area contributed by atoms with Crippen molar-refractivity contribution in [3.8, 4) is 6.07 Å². The fourth-order valence-corrected chi connectivity index (χ4v) is 2.54. The second-order valence-corrected chi connectivity index (χ2v) is 5.37. The number of nitrogens with zero attached hydrogens (tertiary/aromatic N) is 1. The number of nitriles is 1. The Morgan fingerprint density at radius 3 is 2.88 bits per heavy atom. The van der Waals surface area contributed by atoms with Crippen LogP contribution in [0.1, 0.15) is 29.4 Å². The molecule has 2 aromatic heterocycles. The third kappa shape index (κ3) is 3.10. The molecule has 5 heteroatoms. The molecule has 1 unspecified atom stereocenters. The minimum atomic E-state index is 0.211. The van der Waals surface area contributed by atoms with Crippen LogP contribution in [0.25, 0.3) is 0 Å². The predicted molar refractivity (Wildman–Crippen MR) is 68.0 cm³/mol. The molecule has 1 N–H and O–H groups in total. The van der Waals surface area contributed by atoms with Gasteiger partial charge in [0.2, 0.25) is 5.76 Å². The number of rotatable bonds is 4. The van der Waals surface area contributed by atoms with Crippen LogP contribution in [0.3, 0.4) is 0 Å². The molecule has 0 fully saturated rings. The normalized spacial score (nSPS) is 12.3. The van der Waals surface area contributed by atoms with E-state index >= 15 is 0 Å². The Kier molecular flexibility index (Phi) is 3.85. The zero-order valence-corrected chi connectivity index (χ0v) is 10.8. The molecule has 2 aromatic rings. The molecule has 0 aromatic carbocycles. The van der Waals surface area contributed by atoms with E-state index in [-0.39, 0.29) is 6.04 Å². The lowest BCUT2D eigenvalue weighted by Gasteiger charge is -2.10. The summed E-state index contributed by atoms with van der Waals surface area (Å²) >= 11 is 7.44. The van der Waals surface area contributed by atoms with Crippen LogP contribution in [-0.4, -0.2) is 0 Å². The van der Waals surface area contributed by atoms with Crippen LogP contribution in [0.2, 0.25) is 4.34 Å². The van der Waals surface area contributed by atoms with Gasteiger partial charge in [-0.15, -0.1) is 11.3 Å². The SMILES string of the molecule is CC(NCc1ccc(C#N)o1)c1ccc(Cl)s1. The van der Waals surface area contributed by atoms with Crippen molar-refractivity contribution in [3.63, 3.8) is 0 Å². The highest BCUT2D eigenvalue weighted by atomic mass is 35.5. The lowest BCUT2D eigenvalue weighted by Crippen LogP contribution is -2.16. The monoisotopic (exact) mass is 266 g/mol. The van der Waals surface area contributed by atoms with Crippen LogP contribution < -0.4 is 5.32 Å². The molecule has 88 valence electrons. The molecule has 0 amide bonds. The second-order valence-electron chi connectivity index (χ2n) is 3.62. The van der Waals surface area contributed by atoms with Gasteiger partial charge in [0.15, 0.2) is 0 Å². The number of halogens is 1. The number of hydrogen-bond donors (Lipinski definition) is 1. The summed E-state index contributed by atoms with van der Waals surface area (Å²) in [5.41, 5.74) is 0. The maximum atomic E-state index is 8.63. The first-order valence-electron chi connectivity index (χ1n) is 5.16. The number of nitrogens with one attached hydrogen (secondary N) is 1. The zero-order valence-electron chi connectivity index (χ0n) is 9.24. The molecule has 17 heavy (non-hydrogen) atoms. The minimum absolute atomic E-state index is 0.211. The number of furan rings is 1. The topological polar surface area (TPSA) is 49.0 Å². The van der Waals surface area contributed by atoms with Crippen molar-refractivity contribution in [1.29, 1.82) is 5.26 Å². The van der Waals surface area contributed by atoms with Crippen LogP contribution in [-0.2, 0) is 6.54 Å². The molecule has 2 rings (SSSR count). The fourth-order valence-electron chi connectivity index (χ4n) is 1.45. The fraction of sp³-hybridized carbons (Fsp3) is 0.250.